The number of Topliss-reactive ketones (excluding diaryl/α,β-unsaturated/α-hetero) is 1. The highest BCUT2D eigenvalue weighted by Gasteiger charge is 2.24. The molecule has 0 unspecified atom stereocenters. The smallest absolute Gasteiger partial charge is 0.278 e. The van der Waals surface area contributed by atoms with Crippen LogP contribution in [0.15, 0.2) is 58.5 Å². The van der Waals surface area contributed by atoms with Gasteiger partial charge in [-0.05, 0) is 36.5 Å². The summed E-state index contributed by atoms with van der Waals surface area (Å²) in [5, 5.41) is 0.393. The van der Waals surface area contributed by atoms with Crippen molar-refractivity contribution in [2.24, 2.45) is 5.41 Å². The summed E-state index contributed by atoms with van der Waals surface area (Å²) in [5.74, 6) is 1.25. The average molecular weight is 528 g/mol. The summed E-state index contributed by atoms with van der Waals surface area (Å²) >= 11 is 8.06. The van der Waals surface area contributed by atoms with Gasteiger partial charge in [0.25, 0.3) is 5.56 Å². The molecule has 2 heterocycles. The molecule has 0 bridgehead atoms. The SMILES string of the molecule is COc1ccc(-n2c(SCC(=O)C(C)(C)C)nc3c(sc(=S)n3-c3ccccc3)c2=O)cc1OC. The maximum atomic E-state index is 13.8. The molecule has 10 heteroatoms. The Morgan fingerprint density at radius 3 is 2.34 bits per heavy atom. The lowest BCUT2D eigenvalue weighted by atomic mass is 9.92. The van der Waals surface area contributed by atoms with Gasteiger partial charge in [0.2, 0.25) is 0 Å². The molecule has 0 aliphatic heterocycles. The molecule has 0 spiro atoms. The number of carbonyl (C=O) groups excluding carboxylic acids is 1. The highest BCUT2D eigenvalue weighted by molar-refractivity contribution is 7.99. The Hall–Kier alpha value is -2.95. The van der Waals surface area contributed by atoms with E-state index in [1.807, 2.05) is 51.1 Å². The lowest BCUT2D eigenvalue weighted by molar-refractivity contribution is -0.123. The fourth-order valence-electron chi connectivity index (χ4n) is 3.38. The third kappa shape index (κ3) is 4.91. The van der Waals surface area contributed by atoms with Crippen molar-refractivity contribution in [2.75, 3.05) is 20.0 Å². The van der Waals surface area contributed by atoms with Gasteiger partial charge in [0.1, 0.15) is 10.5 Å². The topological polar surface area (TPSA) is 75.4 Å². The lowest BCUT2D eigenvalue weighted by Crippen LogP contribution is -2.24. The molecule has 4 aromatic rings. The van der Waals surface area contributed by atoms with E-state index in [-0.39, 0.29) is 17.1 Å². The van der Waals surface area contributed by atoms with E-state index in [9.17, 15) is 9.59 Å². The molecule has 0 aliphatic carbocycles. The number of nitrogens with zero attached hydrogens (tertiary/aromatic N) is 3. The fraction of sp³-hybridized carbons (Fsp3) is 0.280. The minimum absolute atomic E-state index is 0.0564. The van der Waals surface area contributed by atoms with Crippen LogP contribution in [0, 0.1) is 9.37 Å². The van der Waals surface area contributed by atoms with Crippen molar-refractivity contribution >= 4 is 51.4 Å². The number of ether oxygens (including phenoxy) is 2. The van der Waals surface area contributed by atoms with Crippen LogP contribution >= 0.6 is 35.3 Å². The van der Waals surface area contributed by atoms with E-state index >= 15 is 0 Å². The zero-order valence-corrected chi connectivity index (χ0v) is 22.5. The quantitative estimate of drug-likeness (QED) is 0.174. The number of hydrogen-bond donors (Lipinski definition) is 0. The van der Waals surface area contributed by atoms with E-state index < -0.39 is 5.41 Å². The van der Waals surface area contributed by atoms with Crippen molar-refractivity contribution in [2.45, 2.75) is 25.9 Å². The summed E-state index contributed by atoms with van der Waals surface area (Å²) in [5.41, 5.74) is 1.07. The maximum absolute atomic E-state index is 13.8. The third-order valence-electron chi connectivity index (χ3n) is 5.39. The number of benzene rings is 2. The van der Waals surface area contributed by atoms with E-state index in [1.54, 1.807) is 29.9 Å². The second kappa shape index (κ2) is 9.96. The summed E-state index contributed by atoms with van der Waals surface area (Å²) in [6.45, 7) is 5.62. The number of aromatic nitrogens is 3. The van der Waals surface area contributed by atoms with Crippen LogP contribution in [0.5, 0.6) is 11.5 Å². The van der Waals surface area contributed by atoms with Crippen LogP contribution in [0.3, 0.4) is 0 Å². The van der Waals surface area contributed by atoms with Crippen molar-refractivity contribution in [1.29, 1.82) is 0 Å². The van der Waals surface area contributed by atoms with Gasteiger partial charge in [-0.3, -0.25) is 18.7 Å². The third-order valence-corrected chi connectivity index (χ3v) is 7.68. The largest absolute Gasteiger partial charge is 0.493 e. The number of rotatable bonds is 7. The van der Waals surface area contributed by atoms with Crippen molar-refractivity contribution in [3.8, 4) is 22.9 Å². The normalized spacial score (nSPS) is 11.6. The molecule has 0 fully saturated rings. The predicted octanol–water partition coefficient (Wildman–Crippen LogP) is 5.69. The number of para-hydroxylation sites is 1. The lowest BCUT2D eigenvalue weighted by Gasteiger charge is -2.18. The van der Waals surface area contributed by atoms with Gasteiger partial charge in [0, 0.05) is 17.2 Å². The monoisotopic (exact) mass is 527 g/mol. The van der Waals surface area contributed by atoms with Crippen molar-refractivity contribution in [3.05, 3.63) is 62.8 Å². The highest BCUT2D eigenvalue weighted by atomic mass is 32.2. The molecule has 0 saturated heterocycles. The molecule has 0 aliphatic rings. The van der Waals surface area contributed by atoms with Gasteiger partial charge in [-0.1, -0.05) is 62.1 Å². The highest BCUT2D eigenvalue weighted by Crippen LogP contribution is 2.32. The standard InChI is InChI=1S/C25H25N3O4S3/c1-25(2,3)19(29)14-34-23-26-21-20(35-24(33)27(21)15-9-7-6-8-10-15)22(30)28(23)16-11-12-17(31-4)18(13-16)32-5/h6-13H,14H2,1-5H3. The Balaban J connectivity index is 1.97. The zero-order valence-electron chi connectivity index (χ0n) is 20.0. The molecule has 2 aromatic carbocycles. The fourth-order valence-corrected chi connectivity index (χ4v) is 5.84. The maximum Gasteiger partial charge on any atom is 0.278 e. The Kier molecular flexibility index (Phi) is 7.16. The summed E-state index contributed by atoms with van der Waals surface area (Å²) in [6.07, 6.45) is 0. The van der Waals surface area contributed by atoms with Crippen molar-refractivity contribution in [3.63, 3.8) is 0 Å². The molecular formula is C25H25N3O4S3. The van der Waals surface area contributed by atoms with Crippen LogP contribution in [0.1, 0.15) is 20.8 Å². The molecule has 4 rings (SSSR count). The minimum Gasteiger partial charge on any atom is -0.493 e. The Bertz CT molecular complexity index is 1520. The first kappa shape index (κ1) is 25.2. The average Bonchev–Trinajstić information content (AvgIpc) is 3.18. The van der Waals surface area contributed by atoms with Gasteiger partial charge in [-0.2, -0.15) is 0 Å². The van der Waals surface area contributed by atoms with Crippen LogP contribution in [0.4, 0.5) is 0 Å². The Labute approximate surface area is 216 Å². The summed E-state index contributed by atoms with van der Waals surface area (Å²) < 4.78 is 15.0. The minimum atomic E-state index is -0.508. The van der Waals surface area contributed by atoms with Crippen molar-refractivity contribution < 1.29 is 14.3 Å². The first-order valence-electron chi connectivity index (χ1n) is 10.8. The number of thiazole rings is 1. The number of hydrogen-bond acceptors (Lipinski definition) is 8. The number of carbonyl (C=O) groups is 1. The van der Waals surface area contributed by atoms with E-state index in [1.165, 1.54) is 34.8 Å². The van der Waals surface area contributed by atoms with Gasteiger partial charge < -0.3 is 9.47 Å². The summed E-state index contributed by atoms with van der Waals surface area (Å²) in [7, 11) is 3.09. The first-order valence-corrected chi connectivity index (χ1v) is 13.0. The molecule has 0 radical (unpaired) electrons. The van der Waals surface area contributed by atoms with Crippen LogP contribution < -0.4 is 15.0 Å². The number of methoxy groups -OCH3 is 2. The van der Waals surface area contributed by atoms with Gasteiger partial charge >= 0.3 is 0 Å². The molecule has 0 N–H and O–H groups in total. The van der Waals surface area contributed by atoms with Crippen LogP contribution in [0.2, 0.25) is 0 Å². The summed E-state index contributed by atoms with van der Waals surface area (Å²) in [6, 6.07) is 14.8. The molecule has 0 atom stereocenters. The van der Waals surface area contributed by atoms with Crippen LogP contribution in [-0.2, 0) is 4.79 Å². The Morgan fingerprint density at radius 2 is 1.71 bits per heavy atom. The van der Waals surface area contributed by atoms with E-state index in [0.717, 1.165) is 5.69 Å². The zero-order chi connectivity index (χ0) is 25.3. The van der Waals surface area contributed by atoms with E-state index in [2.05, 4.69) is 0 Å². The second-order valence-electron chi connectivity index (χ2n) is 8.73. The molecule has 35 heavy (non-hydrogen) atoms. The number of ketones is 1. The van der Waals surface area contributed by atoms with Gasteiger partial charge in [-0.15, -0.1) is 0 Å². The first-order chi connectivity index (χ1) is 16.7. The van der Waals surface area contributed by atoms with Gasteiger partial charge in [0.15, 0.2) is 26.3 Å². The number of thioether (sulfide) groups is 1. The molecular weight excluding hydrogens is 502 g/mol. The van der Waals surface area contributed by atoms with Crippen LogP contribution in [-0.4, -0.2) is 39.9 Å². The van der Waals surface area contributed by atoms with Gasteiger partial charge in [-0.25, -0.2) is 4.98 Å². The molecule has 2 aromatic heterocycles. The van der Waals surface area contributed by atoms with Crippen molar-refractivity contribution in [1.82, 2.24) is 14.1 Å². The van der Waals surface area contributed by atoms with E-state index in [0.29, 0.717) is 36.6 Å². The predicted molar refractivity (Wildman–Crippen MR) is 144 cm³/mol. The van der Waals surface area contributed by atoms with E-state index in [4.69, 9.17) is 26.7 Å². The summed E-state index contributed by atoms with van der Waals surface area (Å²) in [4.78, 5) is 31.4. The second-order valence-corrected chi connectivity index (χ2v) is 11.3. The molecule has 0 saturated carbocycles. The van der Waals surface area contributed by atoms with Gasteiger partial charge in [0.05, 0.1) is 25.7 Å². The Morgan fingerprint density at radius 1 is 1.03 bits per heavy atom. The molecule has 0 amide bonds. The molecule has 182 valence electrons. The van der Waals surface area contributed by atoms with Crippen LogP contribution in [0.25, 0.3) is 21.7 Å². The molecule has 7 nitrogen and oxygen atoms in total. The number of fused-ring (bicyclic) bond motifs is 1.